The molecule has 0 spiro atoms. The average molecular weight is 260 g/mol. The number of anilines is 1. The Bertz CT molecular complexity index is 363. The zero-order valence-electron chi connectivity index (χ0n) is 12.7. The van der Waals surface area contributed by atoms with E-state index in [4.69, 9.17) is 0 Å². The summed E-state index contributed by atoms with van der Waals surface area (Å²) in [6, 6.07) is 9.05. The monoisotopic (exact) mass is 260 g/mol. The van der Waals surface area contributed by atoms with Crippen LogP contribution in [-0.2, 0) is 0 Å². The van der Waals surface area contributed by atoms with Gasteiger partial charge >= 0.3 is 0 Å². The van der Waals surface area contributed by atoms with E-state index in [2.05, 4.69) is 55.4 Å². The summed E-state index contributed by atoms with van der Waals surface area (Å²) >= 11 is 0. The van der Waals surface area contributed by atoms with Crippen molar-refractivity contribution in [2.75, 3.05) is 31.6 Å². The van der Waals surface area contributed by atoms with Gasteiger partial charge in [0.1, 0.15) is 0 Å². The third-order valence-electron chi connectivity index (χ3n) is 4.33. The highest BCUT2D eigenvalue weighted by Crippen LogP contribution is 2.21. The molecule has 1 heterocycles. The quantitative estimate of drug-likeness (QED) is 0.869. The zero-order chi connectivity index (χ0) is 13.7. The van der Waals surface area contributed by atoms with E-state index in [0.717, 1.165) is 5.92 Å². The van der Waals surface area contributed by atoms with Gasteiger partial charge in [-0.25, -0.2) is 0 Å². The minimum Gasteiger partial charge on any atom is -0.375 e. The second-order valence-electron chi connectivity index (χ2n) is 6.15. The molecule has 1 aliphatic rings. The molecule has 0 bridgehead atoms. The van der Waals surface area contributed by atoms with Crippen LogP contribution in [0.5, 0.6) is 0 Å². The molecule has 2 rings (SSSR count). The normalized spacial score (nSPS) is 16.8. The van der Waals surface area contributed by atoms with Crippen LogP contribution in [0.4, 0.5) is 5.69 Å². The van der Waals surface area contributed by atoms with Crippen molar-refractivity contribution >= 4 is 5.69 Å². The van der Waals surface area contributed by atoms with Crippen molar-refractivity contribution in [3.8, 4) is 0 Å². The highest BCUT2D eigenvalue weighted by molar-refractivity contribution is 5.47. The fourth-order valence-electron chi connectivity index (χ4n) is 2.79. The Morgan fingerprint density at radius 1 is 1.16 bits per heavy atom. The molecule has 2 nitrogen and oxygen atoms in total. The number of piperidine rings is 1. The summed E-state index contributed by atoms with van der Waals surface area (Å²) in [7, 11) is 2.21. The van der Waals surface area contributed by atoms with Gasteiger partial charge in [0.25, 0.3) is 0 Å². The van der Waals surface area contributed by atoms with Crippen LogP contribution in [0.1, 0.15) is 44.6 Å². The molecule has 2 heteroatoms. The van der Waals surface area contributed by atoms with E-state index in [1.165, 1.54) is 50.1 Å². The number of nitrogens with one attached hydrogen (secondary N) is 1. The third kappa shape index (κ3) is 4.24. The maximum absolute atomic E-state index is 3.44. The minimum atomic E-state index is 0.620. The second kappa shape index (κ2) is 6.95. The van der Waals surface area contributed by atoms with Gasteiger partial charge in [-0.15, -0.1) is 0 Å². The van der Waals surface area contributed by atoms with Gasteiger partial charge in [-0.2, -0.15) is 0 Å². The van der Waals surface area contributed by atoms with Crippen LogP contribution in [0.25, 0.3) is 0 Å². The van der Waals surface area contributed by atoms with Gasteiger partial charge in [0.05, 0.1) is 0 Å². The van der Waals surface area contributed by atoms with Crippen LogP contribution in [0.3, 0.4) is 0 Å². The topological polar surface area (TPSA) is 15.3 Å². The summed E-state index contributed by atoms with van der Waals surface area (Å²) in [5.74, 6) is 1.53. The van der Waals surface area contributed by atoms with E-state index >= 15 is 0 Å². The van der Waals surface area contributed by atoms with E-state index in [1.54, 1.807) is 0 Å². The standard InChI is InChI=1S/C17H28N2/c1-14(2)16-4-6-17(7-5-16)19(3)13-10-15-8-11-18-12-9-15/h4-7,14-15,18H,8-13H2,1-3H3. The van der Waals surface area contributed by atoms with Crippen LogP contribution in [0.2, 0.25) is 0 Å². The average Bonchev–Trinajstić information content (AvgIpc) is 2.46. The predicted molar refractivity (Wildman–Crippen MR) is 84.0 cm³/mol. The fourth-order valence-corrected chi connectivity index (χ4v) is 2.79. The van der Waals surface area contributed by atoms with E-state index in [-0.39, 0.29) is 0 Å². The number of nitrogens with zero attached hydrogens (tertiary/aromatic N) is 1. The lowest BCUT2D eigenvalue weighted by Crippen LogP contribution is -2.30. The van der Waals surface area contributed by atoms with Crippen LogP contribution in [0, 0.1) is 5.92 Å². The Hall–Kier alpha value is -1.02. The summed E-state index contributed by atoms with van der Waals surface area (Å²) < 4.78 is 0. The first-order valence-electron chi connectivity index (χ1n) is 7.68. The molecule has 19 heavy (non-hydrogen) atoms. The van der Waals surface area contributed by atoms with Gasteiger partial charge in [-0.1, -0.05) is 26.0 Å². The Morgan fingerprint density at radius 2 is 1.79 bits per heavy atom. The van der Waals surface area contributed by atoms with Gasteiger partial charge in [0.2, 0.25) is 0 Å². The first kappa shape index (κ1) is 14.4. The Labute approximate surface area is 118 Å². The van der Waals surface area contributed by atoms with Crippen molar-refractivity contribution in [3.05, 3.63) is 29.8 Å². The SMILES string of the molecule is CC(C)c1ccc(N(C)CCC2CCNCC2)cc1. The number of rotatable bonds is 5. The summed E-state index contributed by atoms with van der Waals surface area (Å²) in [4.78, 5) is 2.39. The molecule has 1 saturated heterocycles. The molecule has 0 aromatic heterocycles. The van der Waals surface area contributed by atoms with E-state index in [0.29, 0.717) is 5.92 Å². The van der Waals surface area contributed by atoms with Gasteiger partial charge in [-0.3, -0.25) is 0 Å². The molecule has 0 saturated carbocycles. The molecule has 1 fully saturated rings. The first-order chi connectivity index (χ1) is 9.16. The minimum absolute atomic E-state index is 0.620. The molecule has 0 amide bonds. The molecule has 0 radical (unpaired) electrons. The fraction of sp³-hybridized carbons (Fsp3) is 0.647. The first-order valence-corrected chi connectivity index (χ1v) is 7.68. The maximum Gasteiger partial charge on any atom is 0.0363 e. The molecule has 106 valence electrons. The van der Waals surface area contributed by atoms with Gasteiger partial charge in [0, 0.05) is 19.3 Å². The summed E-state index contributed by atoms with van der Waals surface area (Å²) in [5, 5.41) is 3.44. The lowest BCUT2D eigenvalue weighted by atomic mass is 9.94. The summed E-state index contributed by atoms with van der Waals surface area (Å²) in [6.07, 6.45) is 4.02. The summed E-state index contributed by atoms with van der Waals surface area (Å²) in [5.41, 5.74) is 2.77. The Morgan fingerprint density at radius 3 is 2.37 bits per heavy atom. The van der Waals surface area contributed by atoms with Crippen LogP contribution >= 0.6 is 0 Å². The van der Waals surface area contributed by atoms with Crippen LogP contribution < -0.4 is 10.2 Å². The molecule has 1 aromatic rings. The predicted octanol–water partition coefficient (Wildman–Crippen LogP) is 3.64. The van der Waals surface area contributed by atoms with Crippen LogP contribution in [0.15, 0.2) is 24.3 Å². The molecule has 1 aromatic carbocycles. The smallest absolute Gasteiger partial charge is 0.0363 e. The van der Waals surface area contributed by atoms with Crippen molar-refractivity contribution in [1.82, 2.24) is 5.32 Å². The Kier molecular flexibility index (Phi) is 5.26. The van der Waals surface area contributed by atoms with Crippen molar-refractivity contribution in [2.24, 2.45) is 5.92 Å². The number of benzene rings is 1. The largest absolute Gasteiger partial charge is 0.375 e. The molecule has 0 atom stereocenters. The summed E-state index contributed by atoms with van der Waals surface area (Å²) in [6.45, 7) is 8.08. The number of hydrogen-bond acceptors (Lipinski definition) is 2. The lowest BCUT2D eigenvalue weighted by Gasteiger charge is -2.26. The van der Waals surface area contributed by atoms with Crippen molar-refractivity contribution in [2.45, 2.75) is 39.0 Å². The van der Waals surface area contributed by atoms with Crippen molar-refractivity contribution in [1.29, 1.82) is 0 Å². The van der Waals surface area contributed by atoms with E-state index in [1.807, 2.05) is 0 Å². The molecule has 1 aliphatic heterocycles. The lowest BCUT2D eigenvalue weighted by molar-refractivity contribution is 0.356. The maximum atomic E-state index is 3.44. The zero-order valence-corrected chi connectivity index (χ0v) is 12.7. The molecule has 0 unspecified atom stereocenters. The number of hydrogen-bond donors (Lipinski definition) is 1. The van der Waals surface area contributed by atoms with Crippen molar-refractivity contribution in [3.63, 3.8) is 0 Å². The van der Waals surface area contributed by atoms with Crippen molar-refractivity contribution < 1.29 is 0 Å². The van der Waals surface area contributed by atoms with Crippen LogP contribution in [-0.4, -0.2) is 26.7 Å². The molecular weight excluding hydrogens is 232 g/mol. The van der Waals surface area contributed by atoms with Gasteiger partial charge < -0.3 is 10.2 Å². The van der Waals surface area contributed by atoms with E-state index < -0.39 is 0 Å². The Balaban J connectivity index is 1.83. The van der Waals surface area contributed by atoms with Gasteiger partial charge in [-0.05, 0) is 61.9 Å². The molecular formula is C17H28N2. The highest BCUT2D eigenvalue weighted by Gasteiger charge is 2.13. The molecule has 0 aliphatic carbocycles. The highest BCUT2D eigenvalue weighted by atomic mass is 15.1. The second-order valence-corrected chi connectivity index (χ2v) is 6.15. The van der Waals surface area contributed by atoms with E-state index in [9.17, 15) is 0 Å². The van der Waals surface area contributed by atoms with Gasteiger partial charge in [0.15, 0.2) is 0 Å². The third-order valence-corrected chi connectivity index (χ3v) is 4.33. The molecule has 1 N–H and O–H groups in total.